The summed E-state index contributed by atoms with van der Waals surface area (Å²) in [6.45, 7) is 7.70. The van der Waals surface area contributed by atoms with Crippen LogP contribution in [0.5, 0.6) is 0 Å². The third kappa shape index (κ3) is 3.44. The van der Waals surface area contributed by atoms with E-state index in [9.17, 15) is 4.79 Å². The highest BCUT2D eigenvalue weighted by atomic mass is 16.2. The van der Waals surface area contributed by atoms with E-state index in [0.717, 1.165) is 43.1 Å². The minimum Gasteiger partial charge on any atom is -0.337 e. The van der Waals surface area contributed by atoms with Crippen LogP contribution in [0.25, 0.3) is 11.8 Å². The number of piperazine rings is 1. The number of hydrogen-bond donors (Lipinski definition) is 0. The molecule has 1 saturated heterocycles. The van der Waals surface area contributed by atoms with Gasteiger partial charge in [-0.1, -0.05) is 18.2 Å². The zero-order chi connectivity index (χ0) is 17.1. The van der Waals surface area contributed by atoms with Crippen molar-refractivity contribution >= 4 is 12.0 Å². The molecule has 2 heterocycles. The number of likely N-dealkylation sites (N-methyl/N-ethyl adjacent to an activating group) is 1. The van der Waals surface area contributed by atoms with Crippen LogP contribution < -0.4 is 0 Å². The molecule has 0 spiro atoms. The number of benzene rings is 1. The molecule has 1 aliphatic heterocycles. The number of nitrogens with zero attached hydrogens (tertiary/aromatic N) is 3. The van der Waals surface area contributed by atoms with Gasteiger partial charge in [0.25, 0.3) is 0 Å². The van der Waals surface area contributed by atoms with Gasteiger partial charge in [0.15, 0.2) is 0 Å². The molecule has 0 unspecified atom stereocenters. The molecule has 126 valence electrons. The summed E-state index contributed by atoms with van der Waals surface area (Å²) in [7, 11) is 2.09. The molecule has 0 atom stereocenters. The fourth-order valence-corrected chi connectivity index (χ4v) is 3.22. The van der Waals surface area contributed by atoms with Crippen LogP contribution in [0.1, 0.15) is 17.0 Å². The summed E-state index contributed by atoms with van der Waals surface area (Å²) in [5.41, 5.74) is 4.57. The molecule has 24 heavy (non-hydrogen) atoms. The maximum atomic E-state index is 12.4. The van der Waals surface area contributed by atoms with Crippen LogP contribution in [-0.2, 0) is 4.79 Å². The Morgan fingerprint density at radius 1 is 1.04 bits per heavy atom. The van der Waals surface area contributed by atoms with Gasteiger partial charge in [-0.05, 0) is 50.7 Å². The van der Waals surface area contributed by atoms with E-state index in [4.69, 9.17) is 0 Å². The second-order valence-corrected chi connectivity index (χ2v) is 6.46. The Morgan fingerprint density at radius 2 is 1.71 bits per heavy atom. The molecule has 1 aromatic heterocycles. The predicted molar refractivity (Wildman–Crippen MR) is 98.4 cm³/mol. The summed E-state index contributed by atoms with van der Waals surface area (Å²) in [6.07, 6.45) is 3.66. The highest BCUT2D eigenvalue weighted by Crippen LogP contribution is 2.21. The molecule has 1 aromatic carbocycles. The first kappa shape index (κ1) is 16.5. The van der Waals surface area contributed by atoms with E-state index < -0.39 is 0 Å². The van der Waals surface area contributed by atoms with Crippen LogP contribution in [0, 0.1) is 13.8 Å². The molecule has 2 aromatic rings. The number of rotatable bonds is 3. The Labute approximate surface area is 144 Å². The Hall–Kier alpha value is -2.33. The number of amides is 1. The number of aromatic nitrogens is 1. The second kappa shape index (κ2) is 7.05. The minimum absolute atomic E-state index is 0.104. The van der Waals surface area contributed by atoms with Crippen molar-refractivity contribution in [1.29, 1.82) is 0 Å². The average molecular weight is 323 g/mol. The highest BCUT2D eigenvalue weighted by molar-refractivity contribution is 5.92. The molecule has 1 aliphatic rings. The van der Waals surface area contributed by atoms with Gasteiger partial charge in [-0.2, -0.15) is 0 Å². The Kier molecular flexibility index (Phi) is 4.86. The monoisotopic (exact) mass is 323 g/mol. The molecule has 0 saturated carbocycles. The van der Waals surface area contributed by atoms with Gasteiger partial charge in [-0.15, -0.1) is 0 Å². The SMILES string of the molecule is Cc1cc(/C=C/C(=O)N2CCN(C)CC2)c(C)n1-c1ccccc1. The van der Waals surface area contributed by atoms with Crippen molar-refractivity contribution in [2.75, 3.05) is 33.2 Å². The van der Waals surface area contributed by atoms with E-state index in [1.807, 2.05) is 29.2 Å². The maximum Gasteiger partial charge on any atom is 0.246 e. The van der Waals surface area contributed by atoms with E-state index >= 15 is 0 Å². The van der Waals surface area contributed by atoms with Crippen molar-refractivity contribution in [3.05, 3.63) is 59.4 Å². The highest BCUT2D eigenvalue weighted by Gasteiger charge is 2.17. The van der Waals surface area contributed by atoms with E-state index in [-0.39, 0.29) is 5.91 Å². The molecule has 1 amide bonds. The first-order valence-electron chi connectivity index (χ1n) is 8.46. The fourth-order valence-electron chi connectivity index (χ4n) is 3.22. The van der Waals surface area contributed by atoms with E-state index in [0.29, 0.717) is 0 Å². The molecule has 3 rings (SSSR count). The molecule has 4 nitrogen and oxygen atoms in total. The lowest BCUT2D eigenvalue weighted by Crippen LogP contribution is -2.46. The van der Waals surface area contributed by atoms with Gasteiger partial charge >= 0.3 is 0 Å². The lowest BCUT2D eigenvalue weighted by atomic mass is 10.2. The summed E-state index contributed by atoms with van der Waals surface area (Å²) < 4.78 is 2.22. The van der Waals surface area contributed by atoms with Crippen LogP contribution in [-0.4, -0.2) is 53.5 Å². The van der Waals surface area contributed by atoms with Gasteiger partial charge in [-0.25, -0.2) is 0 Å². The zero-order valence-corrected chi connectivity index (χ0v) is 14.7. The predicted octanol–water partition coefficient (Wildman–Crippen LogP) is 2.88. The van der Waals surface area contributed by atoms with Crippen molar-refractivity contribution in [2.45, 2.75) is 13.8 Å². The molecular formula is C20H25N3O. The smallest absolute Gasteiger partial charge is 0.246 e. The minimum atomic E-state index is 0.104. The van der Waals surface area contributed by atoms with Gasteiger partial charge < -0.3 is 14.4 Å². The maximum absolute atomic E-state index is 12.4. The topological polar surface area (TPSA) is 28.5 Å². The van der Waals surface area contributed by atoms with Crippen LogP contribution in [0.4, 0.5) is 0 Å². The molecule has 0 N–H and O–H groups in total. The van der Waals surface area contributed by atoms with Crippen LogP contribution in [0.2, 0.25) is 0 Å². The summed E-state index contributed by atoms with van der Waals surface area (Å²) in [5, 5.41) is 0. The van der Waals surface area contributed by atoms with Gasteiger partial charge in [-0.3, -0.25) is 4.79 Å². The number of hydrogen-bond acceptors (Lipinski definition) is 2. The van der Waals surface area contributed by atoms with Gasteiger partial charge in [0.05, 0.1) is 0 Å². The van der Waals surface area contributed by atoms with E-state index in [2.05, 4.69) is 48.6 Å². The van der Waals surface area contributed by atoms with Gasteiger partial charge in [0, 0.05) is 49.3 Å². The largest absolute Gasteiger partial charge is 0.337 e. The molecule has 0 aliphatic carbocycles. The normalized spacial score (nSPS) is 16.0. The van der Waals surface area contributed by atoms with Gasteiger partial charge in [0.1, 0.15) is 0 Å². The van der Waals surface area contributed by atoms with Crippen molar-refractivity contribution in [2.24, 2.45) is 0 Å². The molecule has 0 bridgehead atoms. The summed E-state index contributed by atoms with van der Waals surface area (Å²) >= 11 is 0. The second-order valence-electron chi connectivity index (χ2n) is 6.46. The van der Waals surface area contributed by atoms with Crippen molar-refractivity contribution < 1.29 is 4.79 Å². The van der Waals surface area contributed by atoms with Crippen molar-refractivity contribution in [3.8, 4) is 5.69 Å². The van der Waals surface area contributed by atoms with E-state index in [1.54, 1.807) is 6.08 Å². The quantitative estimate of drug-likeness (QED) is 0.813. The first-order valence-corrected chi connectivity index (χ1v) is 8.46. The van der Waals surface area contributed by atoms with Crippen LogP contribution in [0.15, 0.2) is 42.5 Å². The van der Waals surface area contributed by atoms with Crippen molar-refractivity contribution in [3.63, 3.8) is 0 Å². The fraction of sp³-hybridized carbons (Fsp3) is 0.350. The Bertz CT molecular complexity index is 738. The average Bonchev–Trinajstić information content (AvgIpc) is 2.88. The number of carbonyl (C=O) groups is 1. The Balaban J connectivity index is 1.77. The lowest BCUT2D eigenvalue weighted by Gasteiger charge is -2.31. The number of carbonyl (C=O) groups excluding carboxylic acids is 1. The number of para-hydroxylation sites is 1. The number of aryl methyl sites for hydroxylation is 1. The third-order valence-corrected chi connectivity index (χ3v) is 4.71. The molecule has 0 radical (unpaired) electrons. The molecular weight excluding hydrogens is 298 g/mol. The third-order valence-electron chi connectivity index (χ3n) is 4.71. The standard InChI is InChI=1S/C20H25N3O/c1-16-15-18(17(2)23(16)19-7-5-4-6-8-19)9-10-20(24)22-13-11-21(3)12-14-22/h4-10,15H,11-14H2,1-3H3/b10-9+. The summed E-state index contributed by atoms with van der Waals surface area (Å²) in [4.78, 5) is 16.5. The summed E-state index contributed by atoms with van der Waals surface area (Å²) in [5.74, 6) is 0.104. The van der Waals surface area contributed by atoms with E-state index in [1.165, 1.54) is 5.69 Å². The lowest BCUT2D eigenvalue weighted by molar-refractivity contribution is -0.127. The van der Waals surface area contributed by atoms with Crippen LogP contribution in [0.3, 0.4) is 0 Å². The summed E-state index contributed by atoms with van der Waals surface area (Å²) in [6, 6.07) is 12.4. The van der Waals surface area contributed by atoms with Crippen LogP contribution >= 0.6 is 0 Å². The van der Waals surface area contributed by atoms with Crippen molar-refractivity contribution in [1.82, 2.24) is 14.4 Å². The molecule has 4 heteroatoms. The Morgan fingerprint density at radius 3 is 2.38 bits per heavy atom. The molecule has 1 fully saturated rings. The zero-order valence-electron chi connectivity index (χ0n) is 14.7. The van der Waals surface area contributed by atoms with Gasteiger partial charge in [0.2, 0.25) is 5.91 Å². The first-order chi connectivity index (χ1) is 11.6.